The molecule has 0 spiro atoms. The molecule has 126 valence electrons. The summed E-state index contributed by atoms with van der Waals surface area (Å²) in [6.45, 7) is 4.10. The third-order valence-electron chi connectivity index (χ3n) is 3.74. The highest BCUT2D eigenvalue weighted by Gasteiger charge is 2.17. The van der Waals surface area contributed by atoms with Crippen molar-refractivity contribution in [3.8, 4) is 0 Å². The summed E-state index contributed by atoms with van der Waals surface area (Å²) in [6.07, 6.45) is 1.83. The van der Waals surface area contributed by atoms with Gasteiger partial charge in [0.25, 0.3) is 0 Å². The van der Waals surface area contributed by atoms with Gasteiger partial charge >= 0.3 is 0 Å². The molecule has 2 N–H and O–H groups in total. The zero-order valence-corrected chi connectivity index (χ0v) is 13.7. The second-order valence-electron chi connectivity index (χ2n) is 5.63. The Balaban J connectivity index is 1.68. The summed E-state index contributed by atoms with van der Waals surface area (Å²) in [5, 5.41) is 10.8. The van der Waals surface area contributed by atoms with E-state index < -0.39 is 0 Å². The van der Waals surface area contributed by atoms with Crippen molar-refractivity contribution in [2.45, 2.75) is 26.4 Å². The molecule has 6 heteroatoms. The van der Waals surface area contributed by atoms with E-state index in [4.69, 9.17) is 4.84 Å². The van der Waals surface area contributed by atoms with E-state index >= 15 is 0 Å². The van der Waals surface area contributed by atoms with Gasteiger partial charge in [-0.1, -0.05) is 24.2 Å². The van der Waals surface area contributed by atoms with Gasteiger partial charge in [0.2, 0.25) is 0 Å². The second kappa shape index (κ2) is 7.77. The highest BCUT2D eigenvalue weighted by Crippen LogP contribution is 2.22. The molecule has 0 saturated heterocycles. The molecule has 0 atom stereocenters. The molecular weight excluding hydrogens is 307 g/mol. The van der Waals surface area contributed by atoms with E-state index in [1.54, 1.807) is 12.1 Å². The van der Waals surface area contributed by atoms with E-state index in [9.17, 15) is 4.39 Å². The van der Waals surface area contributed by atoms with Crippen LogP contribution in [0, 0.1) is 5.82 Å². The minimum absolute atomic E-state index is 0.254. The van der Waals surface area contributed by atoms with Crippen LogP contribution in [0.1, 0.15) is 30.9 Å². The lowest BCUT2D eigenvalue weighted by Gasteiger charge is -2.19. The first-order valence-electron chi connectivity index (χ1n) is 8.18. The van der Waals surface area contributed by atoms with Crippen LogP contribution in [0.15, 0.2) is 41.6 Å². The molecule has 0 amide bonds. The number of hydrogen-bond donors (Lipinski definition) is 2. The SMILES string of the molecule is CCCNc1ccc2c(n1)NCC/C2=N\OCc1ccc(F)cc1. The van der Waals surface area contributed by atoms with E-state index in [0.717, 1.165) is 54.4 Å². The summed E-state index contributed by atoms with van der Waals surface area (Å²) < 4.78 is 12.9. The van der Waals surface area contributed by atoms with Gasteiger partial charge in [-0.15, -0.1) is 0 Å². The molecule has 0 unspecified atom stereocenters. The molecule has 2 heterocycles. The van der Waals surface area contributed by atoms with Crippen molar-refractivity contribution in [2.24, 2.45) is 5.16 Å². The highest BCUT2D eigenvalue weighted by molar-refractivity contribution is 6.05. The van der Waals surface area contributed by atoms with Gasteiger partial charge in [0.1, 0.15) is 24.1 Å². The van der Waals surface area contributed by atoms with Crippen molar-refractivity contribution < 1.29 is 9.23 Å². The van der Waals surface area contributed by atoms with Crippen molar-refractivity contribution in [2.75, 3.05) is 23.7 Å². The number of anilines is 2. The minimum atomic E-state index is -0.254. The molecule has 0 fully saturated rings. The van der Waals surface area contributed by atoms with Crippen LogP contribution in [-0.4, -0.2) is 23.8 Å². The van der Waals surface area contributed by atoms with E-state index in [-0.39, 0.29) is 5.82 Å². The van der Waals surface area contributed by atoms with Crippen LogP contribution in [-0.2, 0) is 11.4 Å². The van der Waals surface area contributed by atoms with Crippen LogP contribution in [0.25, 0.3) is 0 Å². The first-order chi connectivity index (χ1) is 11.8. The van der Waals surface area contributed by atoms with Crippen molar-refractivity contribution in [3.05, 3.63) is 53.3 Å². The van der Waals surface area contributed by atoms with E-state index in [1.807, 2.05) is 12.1 Å². The standard InChI is InChI=1S/C18H21FN4O/c1-2-10-20-17-8-7-15-16(9-11-21-18(15)22-17)23-24-12-13-3-5-14(19)6-4-13/h3-8H,2,9-12H2,1H3,(H2,20,21,22)/b23-16+. The summed E-state index contributed by atoms with van der Waals surface area (Å²) in [5.41, 5.74) is 2.72. The maximum atomic E-state index is 12.9. The molecule has 0 bridgehead atoms. The first-order valence-corrected chi connectivity index (χ1v) is 8.18. The van der Waals surface area contributed by atoms with E-state index in [1.165, 1.54) is 12.1 Å². The zero-order chi connectivity index (χ0) is 16.8. The Bertz CT molecular complexity index is 715. The van der Waals surface area contributed by atoms with Gasteiger partial charge in [0.05, 0.1) is 5.71 Å². The smallest absolute Gasteiger partial charge is 0.142 e. The molecular formula is C18H21FN4O. The average Bonchev–Trinajstić information content (AvgIpc) is 2.61. The number of pyridine rings is 1. The maximum absolute atomic E-state index is 12.9. The van der Waals surface area contributed by atoms with Crippen LogP contribution in [0.3, 0.4) is 0 Å². The van der Waals surface area contributed by atoms with Gasteiger partial charge in [0, 0.05) is 25.1 Å². The summed E-state index contributed by atoms with van der Waals surface area (Å²) in [7, 11) is 0. The van der Waals surface area contributed by atoms with E-state index in [2.05, 4.69) is 27.7 Å². The lowest BCUT2D eigenvalue weighted by Crippen LogP contribution is -2.20. The Kier molecular flexibility index (Phi) is 5.25. The lowest BCUT2D eigenvalue weighted by atomic mass is 10.1. The molecule has 1 aromatic heterocycles. The molecule has 2 aromatic rings. The molecule has 0 saturated carbocycles. The summed E-state index contributed by atoms with van der Waals surface area (Å²) in [6, 6.07) is 10.2. The highest BCUT2D eigenvalue weighted by atomic mass is 19.1. The number of halogens is 1. The van der Waals surface area contributed by atoms with Crippen LogP contribution in [0.5, 0.6) is 0 Å². The number of nitrogens with zero attached hydrogens (tertiary/aromatic N) is 2. The fourth-order valence-electron chi connectivity index (χ4n) is 2.47. The Morgan fingerprint density at radius 3 is 2.88 bits per heavy atom. The Morgan fingerprint density at radius 2 is 2.08 bits per heavy atom. The summed E-state index contributed by atoms with van der Waals surface area (Å²) >= 11 is 0. The van der Waals surface area contributed by atoms with Crippen molar-refractivity contribution in [1.29, 1.82) is 0 Å². The number of fused-ring (bicyclic) bond motifs is 1. The average molecular weight is 328 g/mol. The third kappa shape index (κ3) is 4.01. The molecule has 1 aliphatic heterocycles. The van der Waals surface area contributed by atoms with Gasteiger partial charge in [0.15, 0.2) is 0 Å². The number of oxime groups is 1. The lowest BCUT2D eigenvalue weighted by molar-refractivity contribution is 0.130. The largest absolute Gasteiger partial charge is 0.391 e. The molecule has 0 radical (unpaired) electrons. The normalized spacial score (nSPS) is 14.8. The molecule has 1 aromatic carbocycles. The number of hydrogen-bond acceptors (Lipinski definition) is 5. The molecule has 1 aliphatic rings. The minimum Gasteiger partial charge on any atom is -0.391 e. The second-order valence-corrected chi connectivity index (χ2v) is 5.63. The quantitative estimate of drug-likeness (QED) is 0.792. The fraction of sp³-hybridized carbons (Fsp3) is 0.333. The molecule has 3 rings (SSSR count). The van der Waals surface area contributed by atoms with E-state index in [0.29, 0.717) is 6.61 Å². The predicted molar refractivity (Wildman–Crippen MR) is 93.9 cm³/mol. The number of benzene rings is 1. The third-order valence-corrected chi connectivity index (χ3v) is 3.74. The van der Waals surface area contributed by atoms with Gasteiger partial charge in [-0.05, 0) is 36.2 Å². The monoisotopic (exact) mass is 328 g/mol. The van der Waals surface area contributed by atoms with Gasteiger partial charge in [-0.25, -0.2) is 9.37 Å². The molecule has 24 heavy (non-hydrogen) atoms. The summed E-state index contributed by atoms with van der Waals surface area (Å²) in [4.78, 5) is 10.0. The number of nitrogens with one attached hydrogen (secondary N) is 2. The molecule has 0 aliphatic carbocycles. The fourth-order valence-corrected chi connectivity index (χ4v) is 2.47. The van der Waals surface area contributed by atoms with Crippen LogP contribution >= 0.6 is 0 Å². The van der Waals surface area contributed by atoms with Gasteiger partial charge in [-0.3, -0.25) is 0 Å². The van der Waals surface area contributed by atoms with Crippen LogP contribution in [0.2, 0.25) is 0 Å². The zero-order valence-electron chi connectivity index (χ0n) is 13.7. The summed E-state index contributed by atoms with van der Waals surface area (Å²) in [5.74, 6) is 1.43. The van der Waals surface area contributed by atoms with Gasteiger partial charge < -0.3 is 15.5 Å². The van der Waals surface area contributed by atoms with Crippen molar-refractivity contribution in [1.82, 2.24) is 4.98 Å². The van der Waals surface area contributed by atoms with Gasteiger partial charge in [-0.2, -0.15) is 0 Å². The Morgan fingerprint density at radius 1 is 1.25 bits per heavy atom. The predicted octanol–water partition coefficient (Wildman–Crippen LogP) is 3.78. The maximum Gasteiger partial charge on any atom is 0.142 e. The first kappa shape index (κ1) is 16.2. The topological polar surface area (TPSA) is 58.5 Å². The Hall–Kier alpha value is -2.63. The van der Waals surface area contributed by atoms with Crippen LogP contribution in [0.4, 0.5) is 16.0 Å². The number of aromatic nitrogens is 1. The van der Waals surface area contributed by atoms with Crippen molar-refractivity contribution in [3.63, 3.8) is 0 Å². The molecule has 5 nitrogen and oxygen atoms in total. The number of rotatable bonds is 6. The Labute approximate surface area is 140 Å². The van der Waals surface area contributed by atoms with Crippen molar-refractivity contribution >= 4 is 17.3 Å². The van der Waals surface area contributed by atoms with Crippen LogP contribution < -0.4 is 10.6 Å².